The van der Waals surface area contributed by atoms with E-state index in [2.05, 4.69) is 22.1 Å². The minimum Gasteiger partial charge on any atom is -0.394 e. The number of imidazole rings is 1. The zero-order valence-electron chi connectivity index (χ0n) is 18.1. The minimum absolute atomic E-state index is 0.402. The Morgan fingerprint density at radius 3 is 2.12 bits per heavy atom. The number of fused-ring (bicyclic) bond motifs is 1. The molecular formula is C24H24N4O4S2. The van der Waals surface area contributed by atoms with Gasteiger partial charge in [-0.3, -0.25) is 4.57 Å². The van der Waals surface area contributed by atoms with E-state index in [1.165, 1.54) is 23.7 Å². The van der Waals surface area contributed by atoms with E-state index < -0.39 is 31.1 Å². The molecule has 34 heavy (non-hydrogen) atoms. The number of aliphatic hydroxyl groups is 3. The molecule has 4 aromatic rings. The summed E-state index contributed by atoms with van der Waals surface area (Å²) < 4.78 is 7.55. The normalized spacial score (nSPS) is 22.4. The molecule has 0 saturated carbocycles. The second kappa shape index (κ2) is 10.4. The van der Waals surface area contributed by atoms with Crippen molar-refractivity contribution in [2.24, 2.45) is 0 Å². The smallest absolute Gasteiger partial charge is 0.172 e. The number of thioether (sulfide) groups is 2. The molecule has 0 bridgehead atoms. The van der Waals surface area contributed by atoms with Crippen LogP contribution in [0.5, 0.6) is 0 Å². The fourth-order valence-corrected chi connectivity index (χ4v) is 5.71. The lowest BCUT2D eigenvalue weighted by Crippen LogP contribution is -2.33. The zero-order valence-corrected chi connectivity index (χ0v) is 19.8. The van der Waals surface area contributed by atoms with Crippen LogP contribution in [0.15, 0.2) is 77.2 Å². The summed E-state index contributed by atoms with van der Waals surface area (Å²) in [6, 6.07) is 20.1. The van der Waals surface area contributed by atoms with Crippen molar-refractivity contribution in [3.8, 4) is 0 Å². The third kappa shape index (κ3) is 4.70. The third-order valence-corrected chi connectivity index (χ3v) is 7.69. The molecule has 1 aliphatic heterocycles. The van der Waals surface area contributed by atoms with Gasteiger partial charge in [0.05, 0.1) is 6.61 Å². The van der Waals surface area contributed by atoms with E-state index in [1.807, 2.05) is 48.5 Å². The molecule has 0 unspecified atom stereocenters. The maximum atomic E-state index is 10.7. The van der Waals surface area contributed by atoms with Gasteiger partial charge in [-0.15, -0.1) is 0 Å². The molecule has 0 aliphatic carbocycles. The summed E-state index contributed by atoms with van der Waals surface area (Å²) in [5, 5.41) is 32.0. The Bertz CT molecular complexity index is 1240. The first kappa shape index (κ1) is 23.3. The van der Waals surface area contributed by atoms with Crippen LogP contribution in [0, 0.1) is 0 Å². The molecule has 0 amide bonds. The summed E-state index contributed by atoms with van der Waals surface area (Å²) in [6.45, 7) is -0.402. The van der Waals surface area contributed by atoms with Gasteiger partial charge in [0.2, 0.25) is 0 Å². The van der Waals surface area contributed by atoms with Crippen molar-refractivity contribution in [2.75, 3.05) is 6.61 Å². The fraction of sp³-hybridized carbons (Fsp3) is 0.292. The van der Waals surface area contributed by atoms with Crippen LogP contribution in [-0.2, 0) is 16.2 Å². The van der Waals surface area contributed by atoms with Crippen LogP contribution in [0.3, 0.4) is 0 Å². The van der Waals surface area contributed by atoms with Crippen LogP contribution in [0.1, 0.15) is 17.4 Å². The van der Waals surface area contributed by atoms with Crippen molar-refractivity contribution in [1.29, 1.82) is 0 Å². The predicted octanol–water partition coefficient (Wildman–Crippen LogP) is 3.02. The topological polar surface area (TPSA) is 114 Å². The van der Waals surface area contributed by atoms with Gasteiger partial charge in [0.25, 0.3) is 0 Å². The first-order valence-corrected chi connectivity index (χ1v) is 12.8. The van der Waals surface area contributed by atoms with Crippen LogP contribution < -0.4 is 0 Å². The number of hydrogen-bond donors (Lipinski definition) is 3. The van der Waals surface area contributed by atoms with Gasteiger partial charge >= 0.3 is 0 Å². The lowest BCUT2D eigenvalue weighted by atomic mass is 10.1. The van der Waals surface area contributed by atoms with Crippen molar-refractivity contribution in [3.63, 3.8) is 0 Å². The Balaban J connectivity index is 1.52. The van der Waals surface area contributed by atoms with Crippen molar-refractivity contribution in [2.45, 2.75) is 46.2 Å². The molecule has 1 saturated heterocycles. The van der Waals surface area contributed by atoms with Gasteiger partial charge in [0.1, 0.15) is 35.2 Å². The van der Waals surface area contributed by atoms with Gasteiger partial charge < -0.3 is 20.1 Å². The standard InChI is InChI=1S/C24H24N4O4S2/c29-11-17-19(30)20(31)23(32-17)28-21-18(27-24(28)34-13-16-9-5-2-6-10-16)22(26-14-25-21)33-12-15-7-3-1-4-8-15/h1-10,14,17,19-20,23,29-31H,11-13H2/t17-,19-,20-,23-/m1/s1. The molecule has 1 fully saturated rings. The average molecular weight is 497 g/mol. The lowest BCUT2D eigenvalue weighted by Gasteiger charge is -2.19. The molecular weight excluding hydrogens is 472 g/mol. The van der Waals surface area contributed by atoms with Gasteiger partial charge in [-0.2, -0.15) is 0 Å². The summed E-state index contributed by atoms with van der Waals surface area (Å²) in [6.07, 6.45) is -2.80. The monoisotopic (exact) mass is 496 g/mol. The Labute approximate surface area is 205 Å². The Morgan fingerprint density at radius 2 is 1.50 bits per heavy atom. The number of hydrogen-bond acceptors (Lipinski definition) is 9. The number of nitrogens with zero attached hydrogens (tertiary/aromatic N) is 4. The predicted molar refractivity (Wildman–Crippen MR) is 130 cm³/mol. The van der Waals surface area contributed by atoms with Gasteiger partial charge in [-0.1, -0.05) is 84.2 Å². The highest BCUT2D eigenvalue weighted by atomic mass is 32.2. The molecule has 176 valence electrons. The summed E-state index contributed by atoms with van der Waals surface area (Å²) in [5.74, 6) is 1.37. The van der Waals surface area contributed by atoms with Crippen LogP contribution in [0.2, 0.25) is 0 Å². The number of ether oxygens (including phenoxy) is 1. The summed E-state index contributed by atoms with van der Waals surface area (Å²) in [4.78, 5) is 13.8. The van der Waals surface area contributed by atoms with E-state index in [4.69, 9.17) is 9.72 Å². The summed E-state index contributed by atoms with van der Waals surface area (Å²) in [5.41, 5.74) is 3.41. The van der Waals surface area contributed by atoms with Crippen molar-refractivity contribution < 1.29 is 20.1 Å². The molecule has 8 nitrogen and oxygen atoms in total. The number of aromatic nitrogens is 4. The fourth-order valence-electron chi connectivity index (χ4n) is 3.85. The molecule has 2 aromatic heterocycles. The van der Waals surface area contributed by atoms with E-state index >= 15 is 0 Å². The number of rotatable bonds is 8. The third-order valence-electron chi connectivity index (χ3n) is 5.61. The van der Waals surface area contributed by atoms with Crippen molar-refractivity contribution >= 4 is 34.7 Å². The molecule has 3 heterocycles. The van der Waals surface area contributed by atoms with Crippen LogP contribution in [0.25, 0.3) is 11.2 Å². The van der Waals surface area contributed by atoms with Gasteiger partial charge in [0, 0.05) is 11.5 Å². The quantitative estimate of drug-likeness (QED) is 0.250. The molecule has 1 aliphatic rings. The van der Waals surface area contributed by atoms with E-state index in [9.17, 15) is 15.3 Å². The molecule has 3 N–H and O–H groups in total. The second-order valence-corrected chi connectivity index (χ2v) is 9.80. The van der Waals surface area contributed by atoms with E-state index in [0.29, 0.717) is 22.1 Å². The molecule has 2 aromatic carbocycles. The molecule has 10 heteroatoms. The second-order valence-electron chi connectivity index (χ2n) is 7.89. The summed E-state index contributed by atoms with van der Waals surface area (Å²) >= 11 is 3.05. The Kier molecular flexibility index (Phi) is 7.14. The van der Waals surface area contributed by atoms with Crippen LogP contribution >= 0.6 is 23.5 Å². The number of benzene rings is 2. The lowest BCUT2D eigenvalue weighted by molar-refractivity contribution is -0.0548. The maximum Gasteiger partial charge on any atom is 0.172 e. The first-order valence-electron chi connectivity index (χ1n) is 10.8. The van der Waals surface area contributed by atoms with E-state index in [-0.39, 0.29) is 0 Å². The average Bonchev–Trinajstić information content (AvgIpc) is 3.39. The van der Waals surface area contributed by atoms with E-state index in [0.717, 1.165) is 16.3 Å². The highest BCUT2D eigenvalue weighted by Gasteiger charge is 2.45. The zero-order chi connectivity index (χ0) is 23.5. The minimum atomic E-state index is -1.24. The Morgan fingerprint density at radius 1 is 0.853 bits per heavy atom. The number of aliphatic hydroxyl groups excluding tert-OH is 3. The Hall–Kier alpha value is -2.47. The molecule has 0 radical (unpaired) electrons. The van der Waals surface area contributed by atoms with Gasteiger partial charge in [-0.05, 0) is 11.1 Å². The largest absolute Gasteiger partial charge is 0.394 e. The highest BCUT2D eigenvalue weighted by Crippen LogP contribution is 2.38. The SMILES string of the molecule is OC[C@H]1O[C@@H](n2c(SCc3ccccc3)nc3c(SCc4ccccc4)ncnc32)[C@H](O)[C@@H]1O. The van der Waals surface area contributed by atoms with Crippen molar-refractivity contribution in [1.82, 2.24) is 19.5 Å². The van der Waals surface area contributed by atoms with Gasteiger partial charge in [0.15, 0.2) is 17.0 Å². The van der Waals surface area contributed by atoms with Gasteiger partial charge in [-0.25, -0.2) is 15.0 Å². The molecule has 5 rings (SSSR count). The van der Waals surface area contributed by atoms with Crippen LogP contribution in [-0.4, -0.2) is 59.8 Å². The summed E-state index contributed by atoms with van der Waals surface area (Å²) in [7, 11) is 0. The van der Waals surface area contributed by atoms with Crippen LogP contribution in [0.4, 0.5) is 0 Å². The maximum absolute atomic E-state index is 10.7. The molecule has 4 atom stereocenters. The highest BCUT2D eigenvalue weighted by molar-refractivity contribution is 7.98. The van der Waals surface area contributed by atoms with E-state index in [1.54, 1.807) is 16.3 Å². The van der Waals surface area contributed by atoms with Crippen molar-refractivity contribution in [3.05, 3.63) is 78.1 Å². The first-order chi connectivity index (χ1) is 16.7. The molecule has 0 spiro atoms.